The maximum absolute atomic E-state index is 12.6. The van der Waals surface area contributed by atoms with E-state index in [2.05, 4.69) is 32.9 Å². The number of rotatable bonds is 2. The van der Waals surface area contributed by atoms with E-state index in [0.717, 1.165) is 31.3 Å². The van der Waals surface area contributed by atoms with Crippen LogP contribution in [0.5, 0.6) is 0 Å². The van der Waals surface area contributed by atoms with Crippen LogP contribution in [0.15, 0.2) is 11.6 Å². The molecule has 1 N–H and O–H groups in total. The minimum absolute atomic E-state index is 0.156. The summed E-state index contributed by atoms with van der Waals surface area (Å²) in [6.45, 7) is 6.48. The van der Waals surface area contributed by atoms with Gasteiger partial charge < -0.3 is 5.11 Å². The van der Waals surface area contributed by atoms with Gasteiger partial charge in [0.15, 0.2) is 0 Å². The Hall–Kier alpha value is -1.30. The SMILES string of the molecule is CC(C)C1=CC2CC3(C#N)C4CCC(C)C4CC2C13C(=O)O. The topological polar surface area (TPSA) is 61.1 Å². The molecule has 0 spiro atoms. The maximum Gasteiger partial charge on any atom is 0.315 e. The standard InChI is InChI=1S/C19H25NO2/c1-10(2)15-6-12-8-18(9-20)14-5-4-11(3)13(14)7-16(12)19(15,18)17(21)22/h6,10-14,16H,4-5,7-8H2,1-3H3,(H,21,22). The molecule has 22 heavy (non-hydrogen) atoms. The second-order valence-electron chi connectivity index (χ2n) is 8.51. The summed E-state index contributed by atoms with van der Waals surface area (Å²) in [6, 6.07) is 2.62. The summed E-state index contributed by atoms with van der Waals surface area (Å²) in [5.74, 6) is 1.44. The van der Waals surface area contributed by atoms with Crippen LogP contribution in [0.3, 0.4) is 0 Å². The van der Waals surface area contributed by atoms with E-state index in [1.54, 1.807) is 0 Å². The number of allylic oxidation sites excluding steroid dienone is 1. The van der Waals surface area contributed by atoms with Crippen molar-refractivity contribution in [3.63, 3.8) is 0 Å². The summed E-state index contributed by atoms with van der Waals surface area (Å²) >= 11 is 0. The first-order valence-electron chi connectivity index (χ1n) is 8.77. The van der Waals surface area contributed by atoms with Crippen molar-refractivity contribution in [1.82, 2.24) is 0 Å². The lowest BCUT2D eigenvalue weighted by molar-refractivity contribution is -0.161. The zero-order valence-electron chi connectivity index (χ0n) is 13.7. The molecule has 4 aliphatic rings. The third-order valence-electron chi connectivity index (χ3n) is 7.68. The zero-order chi connectivity index (χ0) is 15.9. The van der Waals surface area contributed by atoms with E-state index >= 15 is 0 Å². The molecule has 0 radical (unpaired) electrons. The van der Waals surface area contributed by atoms with Gasteiger partial charge in [0.25, 0.3) is 0 Å². The molecule has 0 heterocycles. The number of nitriles is 1. The predicted molar refractivity (Wildman–Crippen MR) is 82.6 cm³/mol. The molecule has 0 saturated heterocycles. The Kier molecular flexibility index (Phi) is 2.70. The fraction of sp³-hybridized carbons (Fsp3) is 0.789. The summed E-state index contributed by atoms with van der Waals surface area (Å²) in [4.78, 5) is 12.6. The molecule has 0 aromatic heterocycles. The van der Waals surface area contributed by atoms with Gasteiger partial charge in [-0.15, -0.1) is 0 Å². The molecule has 3 saturated carbocycles. The summed E-state index contributed by atoms with van der Waals surface area (Å²) in [6.07, 6.45) is 6.24. The van der Waals surface area contributed by atoms with Gasteiger partial charge in [-0.3, -0.25) is 4.79 Å². The summed E-state index contributed by atoms with van der Waals surface area (Å²) < 4.78 is 0. The van der Waals surface area contributed by atoms with Gasteiger partial charge in [0.2, 0.25) is 0 Å². The first-order valence-corrected chi connectivity index (χ1v) is 8.77. The van der Waals surface area contributed by atoms with Gasteiger partial charge in [-0.25, -0.2) is 0 Å². The molecule has 3 heteroatoms. The molecule has 118 valence electrons. The number of hydrogen-bond donors (Lipinski definition) is 1. The smallest absolute Gasteiger partial charge is 0.315 e. The summed E-state index contributed by atoms with van der Waals surface area (Å²) in [5, 5.41) is 20.5. The van der Waals surface area contributed by atoms with E-state index in [1.807, 2.05) is 0 Å². The Morgan fingerprint density at radius 3 is 2.73 bits per heavy atom. The highest BCUT2D eigenvalue weighted by Crippen LogP contribution is 2.78. The molecule has 4 bridgehead atoms. The average molecular weight is 299 g/mol. The molecule has 0 amide bonds. The Balaban J connectivity index is 1.95. The maximum atomic E-state index is 12.6. The Morgan fingerprint density at radius 1 is 1.41 bits per heavy atom. The first kappa shape index (κ1) is 14.3. The third kappa shape index (κ3) is 1.24. The van der Waals surface area contributed by atoms with Crippen molar-refractivity contribution in [2.75, 3.05) is 0 Å². The highest BCUT2D eigenvalue weighted by Gasteiger charge is 2.78. The van der Waals surface area contributed by atoms with Crippen LogP contribution in [0, 0.1) is 57.7 Å². The lowest BCUT2D eigenvalue weighted by Gasteiger charge is -2.52. The number of carbonyl (C=O) groups is 1. The van der Waals surface area contributed by atoms with Crippen molar-refractivity contribution in [2.24, 2.45) is 46.3 Å². The molecular formula is C19H25NO2. The first-order chi connectivity index (χ1) is 10.4. The van der Waals surface area contributed by atoms with Crippen molar-refractivity contribution in [1.29, 1.82) is 5.26 Å². The quantitative estimate of drug-likeness (QED) is 0.787. The molecule has 3 fully saturated rings. The van der Waals surface area contributed by atoms with Crippen LogP contribution in [-0.2, 0) is 4.79 Å². The number of fused-ring (bicyclic) bond motifs is 2. The lowest BCUT2D eigenvalue weighted by Crippen LogP contribution is -2.56. The van der Waals surface area contributed by atoms with Crippen molar-refractivity contribution in [3.05, 3.63) is 11.6 Å². The highest BCUT2D eigenvalue weighted by atomic mass is 16.4. The van der Waals surface area contributed by atoms with Gasteiger partial charge >= 0.3 is 5.97 Å². The normalized spacial score (nSPS) is 51.6. The van der Waals surface area contributed by atoms with E-state index in [1.165, 1.54) is 0 Å². The Labute approximate surface area is 132 Å². The molecule has 4 rings (SSSR count). The molecule has 0 aliphatic heterocycles. The molecule has 7 atom stereocenters. The minimum Gasteiger partial charge on any atom is -0.481 e. The van der Waals surface area contributed by atoms with E-state index < -0.39 is 16.8 Å². The number of hydrogen-bond acceptors (Lipinski definition) is 2. The van der Waals surface area contributed by atoms with Gasteiger partial charge in [-0.2, -0.15) is 5.26 Å². The van der Waals surface area contributed by atoms with Crippen molar-refractivity contribution in [2.45, 2.75) is 46.5 Å². The number of aliphatic carboxylic acids is 1. The van der Waals surface area contributed by atoms with Crippen LogP contribution in [0.4, 0.5) is 0 Å². The van der Waals surface area contributed by atoms with Crippen molar-refractivity contribution in [3.8, 4) is 6.07 Å². The van der Waals surface area contributed by atoms with E-state index in [0.29, 0.717) is 17.8 Å². The van der Waals surface area contributed by atoms with Gasteiger partial charge in [-0.1, -0.05) is 38.8 Å². The molecular weight excluding hydrogens is 274 g/mol. The molecule has 0 aromatic carbocycles. The Morgan fingerprint density at radius 2 is 2.14 bits per heavy atom. The lowest BCUT2D eigenvalue weighted by atomic mass is 9.47. The van der Waals surface area contributed by atoms with Crippen LogP contribution in [-0.4, -0.2) is 11.1 Å². The Bertz CT molecular complexity index is 615. The van der Waals surface area contributed by atoms with E-state index in [4.69, 9.17) is 0 Å². The van der Waals surface area contributed by atoms with Gasteiger partial charge in [-0.05, 0) is 54.8 Å². The summed E-state index contributed by atoms with van der Waals surface area (Å²) in [7, 11) is 0. The average Bonchev–Trinajstić information content (AvgIpc) is 3.06. The largest absolute Gasteiger partial charge is 0.481 e. The van der Waals surface area contributed by atoms with Crippen LogP contribution < -0.4 is 0 Å². The highest BCUT2D eigenvalue weighted by molar-refractivity contribution is 5.84. The second kappa shape index (κ2) is 4.16. The van der Waals surface area contributed by atoms with Crippen LogP contribution >= 0.6 is 0 Å². The number of carboxylic acids is 1. The van der Waals surface area contributed by atoms with Gasteiger partial charge in [0.1, 0.15) is 5.41 Å². The van der Waals surface area contributed by atoms with Gasteiger partial charge in [0, 0.05) is 0 Å². The fourth-order valence-corrected chi connectivity index (χ4v) is 7.04. The van der Waals surface area contributed by atoms with Crippen molar-refractivity contribution < 1.29 is 9.90 Å². The predicted octanol–water partition coefficient (Wildman–Crippen LogP) is 3.87. The van der Waals surface area contributed by atoms with E-state index in [-0.39, 0.29) is 17.8 Å². The molecule has 0 aromatic rings. The van der Waals surface area contributed by atoms with Gasteiger partial charge in [0.05, 0.1) is 11.5 Å². The zero-order valence-corrected chi connectivity index (χ0v) is 13.7. The van der Waals surface area contributed by atoms with E-state index in [9.17, 15) is 15.2 Å². The molecule has 4 aliphatic carbocycles. The number of carboxylic acid groups (broad SMARTS) is 1. The summed E-state index contributed by atoms with van der Waals surface area (Å²) in [5.41, 5.74) is -0.497. The fourth-order valence-electron chi connectivity index (χ4n) is 7.04. The van der Waals surface area contributed by atoms with Crippen LogP contribution in [0.2, 0.25) is 0 Å². The molecule has 7 unspecified atom stereocenters. The monoisotopic (exact) mass is 299 g/mol. The van der Waals surface area contributed by atoms with Crippen molar-refractivity contribution >= 4 is 5.97 Å². The third-order valence-corrected chi connectivity index (χ3v) is 7.68. The van der Waals surface area contributed by atoms with Crippen LogP contribution in [0.1, 0.15) is 46.5 Å². The molecule has 3 nitrogen and oxygen atoms in total. The second-order valence-corrected chi connectivity index (χ2v) is 8.51. The number of nitrogens with zero attached hydrogens (tertiary/aromatic N) is 1. The van der Waals surface area contributed by atoms with Crippen LogP contribution in [0.25, 0.3) is 0 Å². The minimum atomic E-state index is -0.897.